The van der Waals surface area contributed by atoms with Gasteiger partial charge in [0.15, 0.2) is 0 Å². The quantitative estimate of drug-likeness (QED) is 0.785. The van der Waals surface area contributed by atoms with Crippen LogP contribution in [0.3, 0.4) is 0 Å². The summed E-state index contributed by atoms with van der Waals surface area (Å²) in [6.45, 7) is 3.75. The molecule has 18 heavy (non-hydrogen) atoms. The minimum atomic E-state index is -3.47. The van der Waals surface area contributed by atoms with Crippen molar-refractivity contribution in [3.8, 4) is 0 Å². The van der Waals surface area contributed by atoms with Gasteiger partial charge in [0, 0.05) is 0 Å². The normalized spacial score (nSPS) is 17.9. The van der Waals surface area contributed by atoms with Crippen molar-refractivity contribution in [2.24, 2.45) is 11.8 Å². The van der Waals surface area contributed by atoms with E-state index in [0.717, 1.165) is 12.5 Å². The molecule has 0 saturated heterocycles. The molecule has 0 spiro atoms. The van der Waals surface area contributed by atoms with Crippen LogP contribution >= 0.6 is 0 Å². The van der Waals surface area contributed by atoms with E-state index in [-0.39, 0.29) is 5.09 Å². The highest BCUT2D eigenvalue weighted by Gasteiger charge is 2.27. The summed E-state index contributed by atoms with van der Waals surface area (Å²) in [5.74, 6) is 2.20. The second-order valence-corrected chi connectivity index (χ2v) is 6.69. The van der Waals surface area contributed by atoms with E-state index < -0.39 is 10.0 Å². The molecular formula is C12H20N2O3S. The van der Waals surface area contributed by atoms with Gasteiger partial charge in [0.2, 0.25) is 5.09 Å². The maximum Gasteiger partial charge on any atom is 0.273 e. The highest BCUT2D eigenvalue weighted by molar-refractivity contribution is 7.89. The van der Waals surface area contributed by atoms with Gasteiger partial charge in [-0.15, -0.1) is 0 Å². The molecule has 102 valence electrons. The van der Waals surface area contributed by atoms with Crippen molar-refractivity contribution in [3.05, 3.63) is 17.9 Å². The lowest BCUT2D eigenvalue weighted by molar-refractivity contribution is 0.386. The molecule has 0 radical (unpaired) electrons. The van der Waals surface area contributed by atoms with Crippen LogP contribution in [0, 0.1) is 11.8 Å². The van der Waals surface area contributed by atoms with Crippen molar-refractivity contribution in [2.75, 3.05) is 13.6 Å². The minimum absolute atomic E-state index is 0.0305. The Kier molecular flexibility index (Phi) is 4.09. The van der Waals surface area contributed by atoms with Crippen molar-refractivity contribution in [2.45, 2.75) is 31.4 Å². The molecule has 1 unspecified atom stereocenters. The Hall–Kier alpha value is -0.850. The Morgan fingerprint density at radius 1 is 1.44 bits per heavy atom. The Morgan fingerprint density at radius 3 is 2.78 bits per heavy atom. The zero-order valence-electron chi connectivity index (χ0n) is 10.8. The van der Waals surface area contributed by atoms with Gasteiger partial charge in [-0.25, -0.2) is 13.1 Å². The van der Waals surface area contributed by atoms with Gasteiger partial charge in [-0.1, -0.05) is 6.92 Å². The number of hydrogen-bond acceptors (Lipinski definition) is 4. The Balaban J connectivity index is 1.83. The van der Waals surface area contributed by atoms with Crippen LogP contribution in [0.4, 0.5) is 0 Å². The lowest BCUT2D eigenvalue weighted by Gasteiger charge is -2.09. The van der Waals surface area contributed by atoms with Crippen molar-refractivity contribution < 1.29 is 12.8 Å². The molecule has 1 fully saturated rings. The summed E-state index contributed by atoms with van der Waals surface area (Å²) in [6.07, 6.45) is 2.68. The molecule has 1 aromatic heterocycles. The molecule has 0 amide bonds. The number of furan rings is 1. The zero-order valence-corrected chi connectivity index (χ0v) is 11.6. The standard InChI is InChI=1S/C12H20N2O3S/c1-9(10-3-4-10)7-14-8-11-5-6-12(17-11)18(15,16)13-2/h5-6,9-10,13-14H,3-4,7-8H2,1-2H3. The average molecular weight is 272 g/mol. The SMILES string of the molecule is CNS(=O)(=O)c1ccc(CNCC(C)C2CC2)o1. The van der Waals surface area contributed by atoms with Gasteiger partial charge in [0.25, 0.3) is 10.0 Å². The molecule has 0 aromatic carbocycles. The summed E-state index contributed by atoms with van der Waals surface area (Å²) < 4.78 is 30.4. The van der Waals surface area contributed by atoms with Crippen LogP contribution in [0.5, 0.6) is 0 Å². The Bertz CT molecular complexity index is 491. The van der Waals surface area contributed by atoms with E-state index in [1.165, 1.54) is 26.0 Å². The predicted molar refractivity (Wildman–Crippen MR) is 68.5 cm³/mol. The smallest absolute Gasteiger partial charge is 0.273 e. The van der Waals surface area contributed by atoms with Crippen LogP contribution < -0.4 is 10.0 Å². The second-order valence-electron chi connectivity index (χ2n) is 4.87. The third kappa shape index (κ3) is 3.34. The number of nitrogens with one attached hydrogen (secondary N) is 2. The Labute approximate surface area is 108 Å². The highest BCUT2D eigenvalue weighted by Crippen LogP contribution is 2.36. The lowest BCUT2D eigenvalue weighted by atomic mass is 10.1. The molecule has 0 bridgehead atoms. The fourth-order valence-corrected chi connectivity index (χ4v) is 2.62. The summed E-state index contributed by atoms with van der Waals surface area (Å²) in [5.41, 5.74) is 0. The van der Waals surface area contributed by atoms with Crippen molar-refractivity contribution in [1.82, 2.24) is 10.0 Å². The van der Waals surface area contributed by atoms with E-state index >= 15 is 0 Å². The monoisotopic (exact) mass is 272 g/mol. The van der Waals surface area contributed by atoms with Gasteiger partial charge >= 0.3 is 0 Å². The van der Waals surface area contributed by atoms with Crippen LogP contribution in [0.25, 0.3) is 0 Å². The average Bonchev–Trinajstić information content (AvgIpc) is 3.09. The third-order valence-electron chi connectivity index (χ3n) is 3.36. The van der Waals surface area contributed by atoms with Crippen molar-refractivity contribution in [3.63, 3.8) is 0 Å². The minimum Gasteiger partial charge on any atom is -0.447 e. The van der Waals surface area contributed by atoms with E-state index in [4.69, 9.17) is 4.42 Å². The van der Waals surface area contributed by atoms with Crippen LogP contribution in [0.15, 0.2) is 21.6 Å². The van der Waals surface area contributed by atoms with E-state index in [9.17, 15) is 8.42 Å². The maximum absolute atomic E-state index is 11.5. The number of hydrogen-bond donors (Lipinski definition) is 2. The van der Waals surface area contributed by atoms with Crippen LogP contribution in [-0.2, 0) is 16.6 Å². The fraction of sp³-hybridized carbons (Fsp3) is 0.667. The molecule has 0 aliphatic heterocycles. The van der Waals surface area contributed by atoms with E-state index in [1.807, 2.05) is 0 Å². The molecule has 1 atom stereocenters. The van der Waals surface area contributed by atoms with E-state index in [1.54, 1.807) is 6.07 Å². The molecule has 1 aliphatic rings. The van der Waals surface area contributed by atoms with Gasteiger partial charge in [-0.3, -0.25) is 0 Å². The molecule has 1 aliphatic carbocycles. The summed E-state index contributed by atoms with van der Waals surface area (Å²) in [7, 11) is -2.10. The molecule has 5 nitrogen and oxygen atoms in total. The largest absolute Gasteiger partial charge is 0.447 e. The number of sulfonamides is 1. The summed E-state index contributed by atoms with van der Waals surface area (Å²) in [6, 6.07) is 3.17. The van der Waals surface area contributed by atoms with Gasteiger partial charge in [0.05, 0.1) is 6.54 Å². The highest BCUT2D eigenvalue weighted by atomic mass is 32.2. The van der Waals surface area contributed by atoms with Crippen molar-refractivity contribution in [1.29, 1.82) is 0 Å². The third-order valence-corrected chi connectivity index (χ3v) is 4.65. The summed E-state index contributed by atoms with van der Waals surface area (Å²) >= 11 is 0. The lowest BCUT2D eigenvalue weighted by Crippen LogP contribution is -2.21. The zero-order chi connectivity index (χ0) is 13.2. The molecule has 1 aromatic rings. The van der Waals surface area contributed by atoms with Crippen LogP contribution in [0.2, 0.25) is 0 Å². The molecule has 2 N–H and O–H groups in total. The molecule has 1 heterocycles. The van der Waals surface area contributed by atoms with Crippen molar-refractivity contribution >= 4 is 10.0 Å². The molecule has 2 rings (SSSR count). The van der Waals surface area contributed by atoms with Crippen LogP contribution in [-0.4, -0.2) is 22.0 Å². The topological polar surface area (TPSA) is 71.3 Å². The van der Waals surface area contributed by atoms with Gasteiger partial charge in [0.1, 0.15) is 5.76 Å². The summed E-state index contributed by atoms with van der Waals surface area (Å²) in [4.78, 5) is 0. The maximum atomic E-state index is 11.5. The van der Waals surface area contributed by atoms with Gasteiger partial charge in [-0.05, 0) is 50.4 Å². The first kappa shape index (κ1) is 13.6. The van der Waals surface area contributed by atoms with Gasteiger partial charge < -0.3 is 9.73 Å². The molecule has 6 heteroatoms. The first-order valence-electron chi connectivity index (χ1n) is 6.26. The predicted octanol–water partition coefficient (Wildman–Crippen LogP) is 1.32. The van der Waals surface area contributed by atoms with Crippen LogP contribution in [0.1, 0.15) is 25.5 Å². The molecule has 1 saturated carbocycles. The first-order chi connectivity index (χ1) is 8.53. The Morgan fingerprint density at radius 2 is 2.17 bits per heavy atom. The molecular weight excluding hydrogens is 252 g/mol. The number of rotatable bonds is 7. The van der Waals surface area contributed by atoms with E-state index in [2.05, 4.69) is 17.0 Å². The summed E-state index contributed by atoms with van der Waals surface area (Å²) in [5, 5.41) is 3.27. The van der Waals surface area contributed by atoms with E-state index in [0.29, 0.717) is 18.2 Å². The first-order valence-corrected chi connectivity index (χ1v) is 7.74. The second kappa shape index (κ2) is 5.42. The van der Waals surface area contributed by atoms with Gasteiger partial charge in [-0.2, -0.15) is 0 Å². The fourth-order valence-electron chi connectivity index (χ4n) is 1.95.